The summed E-state index contributed by atoms with van der Waals surface area (Å²) in [6.07, 6.45) is 0.792. The molecule has 1 N–H and O–H groups in total. The van der Waals surface area contributed by atoms with Crippen LogP contribution in [0.1, 0.15) is 17.5 Å². The van der Waals surface area contributed by atoms with E-state index in [0.717, 1.165) is 32.8 Å². The number of carbonyl (C=O) groups excluding carboxylic acids is 1. The highest BCUT2D eigenvalue weighted by Crippen LogP contribution is 2.23. The fourth-order valence-electron chi connectivity index (χ4n) is 3.11. The molecule has 5 nitrogen and oxygen atoms in total. The molecule has 33 heavy (non-hydrogen) atoms. The van der Waals surface area contributed by atoms with Gasteiger partial charge in [0.15, 0.2) is 0 Å². The maximum atomic E-state index is 13.3. The van der Waals surface area contributed by atoms with Gasteiger partial charge in [-0.05, 0) is 61.1 Å². The lowest BCUT2D eigenvalue weighted by molar-refractivity contribution is -0.119. The topological polar surface area (TPSA) is 66.5 Å². The maximum absolute atomic E-state index is 13.3. The molecular formula is C25H27ClN2O3S2. The molecule has 1 amide bonds. The Labute approximate surface area is 205 Å². The van der Waals surface area contributed by atoms with Crippen LogP contribution >= 0.6 is 23.4 Å². The van der Waals surface area contributed by atoms with Crippen LogP contribution in [0.3, 0.4) is 0 Å². The summed E-state index contributed by atoms with van der Waals surface area (Å²) in [5.74, 6) is 1.42. The number of hydrogen-bond donors (Lipinski definition) is 1. The van der Waals surface area contributed by atoms with E-state index in [9.17, 15) is 13.2 Å². The minimum atomic E-state index is -3.88. The molecule has 8 heteroatoms. The smallest absolute Gasteiger partial charge is 0.264 e. The van der Waals surface area contributed by atoms with Crippen molar-refractivity contribution in [2.75, 3.05) is 23.1 Å². The fraction of sp³-hybridized carbons (Fsp3) is 0.240. The van der Waals surface area contributed by atoms with Gasteiger partial charge in [0.1, 0.15) is 6.54 Å². The third-order valence-electron chi connectivity index (χ3n) is 4.91. The molecule has 0 radical (unpaired) electrons. The molecule has 0 aliphatic rings. The Morgan fingerprint density at radius 2 is 1.64 bits per heavy atom. The summed E-state index contributed by atoms with van der Waals surface area (Å²) in [5, 5.41) is 3.57. The van der Waals surface area contributed by atoms with Gasteiger partial charge >= 0.3 is 0 Å². The van der Waals surface area contributed by atoms with Crippen LogP contribution in [0, 0.1) is 6.92 Å². The van der Waals surface area contributed by atoms with Crippen molar-refractivity contribution in [1.29, 1.82) is 0 Å². The van der Waals surface area contributed by atoms with Crippen molar-refractivity contribution in [3.63, 3.8) is 0 Å². The second-order valence-corrected chi connectivity index (χ2v) is 10.9. The van der Waals surface area contributed by atoms with Crippen LogP contribution in [0.5, 0.6) is 0 Å². The maximum Gasteiger partial charge on any atom is 0.264 e. The SMILES string of the molecule is Cc1ccc(S(=O)(=O)N(CC(=O)NCCCSCc2ccc(Cl)cc2)c2ccccc2)cc1. The van der Waals surface area contributed by atoms with Crippen molar-refractivity contribution in [3.8, 4) is 0 Å². The summed E-state index contributed by atoms with van der Waals surface area (Å²) in [6.45, 7) is 2.10. The van der Waals surface area contributed by atoms with Crippen molar-refractivity contribution in [2.24, 2.45) is 0 Å². The van der Waals surface area contributed by atoms with Gasteiger partial charge in [0.25, 0.3) is 10.0 Å². The molecule has 3 rings (SSSR count). The van der Waals surface area contributed by atoms with E-state index in [1.807, 2.05) is 37.3 Å². The number of aryl methyl sites for hydroxylation is 1. The highest BCUT2D eigenvalue weighted by Gasteiger charge is 2.26. The van der Waals surface area contributed by atoms with Crippen molar-refractivity contribution < 1.29 is 13.2 Å². The van der Waals surface area contributed by atoms with Gasteiger partial charge in [-0.1, -0.05) is 59.6 Å². The predicted octanol–water partition coefficient (Wildman–Crippen LogP) is 5.28. The number of anilines is 1. The fourth-order valence-corrected chi connectivity index (χ4v) is 5.57. The molecule has 0 atom stereocenters. The Balaban J connectivity index is 1.54. The molecule has 0 heterocycles. The van der Waals surface area contributed by atoms with Crippen LogP contribution in [-0.2, 0) is 20.6 Å². The first-order valence-electron chi connectivity index (χ1n) is 10.6. The third-order valence-corrected chi connectivity index (χ3v) is 8.06. The monoisotopic (exact) mass is 502 g/mol. The van der Waals surface area contributed by atoms with E-state index in [4.69, 9.17) is 11.6 Å². The Hall–Kier alpha value is -2.48. The van der Waals surface area contributed by atoms with Gasteiger partial charge < -0.3 is 5.32 Å². The number of nitrogens with zero attached hydrogens (tertiary/aromatic N) is 1. The lowest BCUT2D eigenvalue weighted by Gasteiger charge is -2.24. The molecule has 0 saturated heterocycles. The second-order valence-electron chi connectivity index (χ2n) is 7.54. The van der Waals surface area contributed by atoms with Gasteiger partial charge in [-0.3, -0.25) is 9.10 Å². The van der Waals surface area contributed by atoms with Gasteiger partial charge in [-0.15, -0.1) is 0 Å². The molecular weight excluding hydrogens is 476 g/mol. The highest BCUT2D eigenvalue weighted by molar-refractivity contribution is 7.98. The zero-order chi connectivity index (χ0) is 23.7. The van der Waals surface area contributed by atoms with Gasteiger partial charge in [0, 0.05) is 17.3 Å². The minimum absolute atomic E-state index is 0.156. The molecule has 3 aromatic carbocycles. The number of rotatable bonds is 11. The number of carbonyl (C=O) groups is 1. The Kier molecular flexibility index (Phi) is 9.23. The van der Waals surface area contributed by atoms with Crippen molar-refractivity contribution in [1.82, 2.24) is 5.32 Å². The van der Waals surface area contributed by atoms with E-state index in [-0.39, 0.29) is 17.3 Å². The van der Waals surface area contributed by atoms with Gasteiger partial charge in [0.2, 0.25) is 5.91 Å². The lowest BCUT2D eigenvalue weighted by Crippen LogP contribution is -2.41. The van der Waals surface area contributed by atoms with Crippen LogP contribution in [-0.4, -0.2) is 33.2 Å². The normalized spacial score (nSPS) is 11.2. The number of benzene rings is 3. The molecule has 174 valence electrons. The average Bonchev–Trinajstić information content (AvgIpc) is 2.81. The van der Waals surface area contributed by atoms with Gasteiger partial charge in [-0.2, -0.15) is 11.8 Å². The third kappa shape index (κ3) is 7.52. The molecule has 0 fully saturated rings. The Morgan fingerprint density at radius 3 is 2.30 bits per heavy atom. The number of sulfonamides is 1. The second kappa shape index (κ2) is 12.1. The van der Waals surface area contributed by atoms with Crippen molar-refractivity contribution in [2.45, 2.75) is 24.0 Å². The molecule has 3 aromatic rings. The first kappa shape index (κ1) is 25.1. The van der Waals surface area contributed by atoms with Crippen LogP contribution in [0.15, 0.2) is 83.8 Å². The number of para-hydroxylation sites is 1. The molecule has 0 saturated carbocycles. The lowest BCUT2D eigenvalue weighted by atomic mass is 10.2. The molecule has 0 spiro atoms. The molecule has 0 unspecified atom stereocenters. The summed E-state index contributed by atoms with van der Waals surface area (Å²) in [7, 11) is -3.88. The molecule has 0 bridgehead atoms. The van der Waals surface area contributed by atoms with Gasteiger partial charge in [0.05, 0.1) is 10.6 Å². The summed E-state index contributed by atoms with van der Waals surface area (Å²) in [4.78, 5) is 12.8. The van der Waals surface area contributed by atoms with Crippen LogP contribution in [0.2, 0.25) is 5.02 Å². The summed E-state index contributed by atoms with van der Waals surface area (Å²) in [5.41, 5.74) is 2.62. The van der Waals surface area contributed by atoms with Gasteiger partial charge in [-0.25, -0.2) is 8.42 Å². The van der Waals surface area contributed by atoms with Crippen LogP contribution in [0.25, 0.3) is 0 Å². The number of hydrogen-bond acceptors (Lipinski definition) is 4. The standard InChI is InChI=1S/C25H27ClN2O3S2/c1-20-8-14-24(15-9-20)33(30,31)28(23-6-3-2-4-7-23)18-25(29)27-16-5-17-32-19-21-10-12-22(26)13-11-21/h2-4,6-15H,5,16-19H2,1H3,(H,27,29). The zero-order valence-electron chi connectivity index (χ0n) is 18.4. The number of nitrogens with one attached hydrogen (secondary N) is 1. The quantitative estimate of drug-likeness (QED) is 0.362. The number of amides is 1. The van der Waals surface area contributed by atoms with E-state index in [0.29, 0.717) is 12.2 Å². The average molecular weight is 503 g/mol. The van der Waals surface area contributed by atoms with Crippen LogP contribution < -0.4 is 9.62 Å². The van der Waals surface area contributed by atoms with E-state index >= 15 is 0 Å². The summed E-state index contributed by atoms with van der Waals surface area (Å²) < 4.78 is 27.7. The molecule has 0 aliphatic heterocycles. The van der Waals surface area contributed by atoms with E-state index in [1.54, 1.807) is 60.3 Å². The number of halogens is 1. The van der Waals surface area contributed by atoms with E-state index in [1.165, 1.54) is 5.56 Å². The first-order chi connectivity index (χ1) is 15.9. The predicted molar refractivity (Wildman–Crippen MR) is 137 cm³/mol. The Morgan fingerprint density at radius 1 is 0.970 bits per heavy atom. The minimum Gasteiger partial charge on any atom is -0.354 e. The highest BCUT2D eigenvalue weighted by atomic mass is 35.5. The van der Waals surface area contributed by atoms with E-state index in [2.05, 4.69) is 5.32 Å². The Bertz CT molecular complexity index is 1140. The summed E-state index contributed by atoms with van der Waals surface area (Å²) in [6, 6.07) is 23.1. The summed E-state index contributed by atoms with van der Waals surface area (Å²) >= 11 is 7.68. The first-order valence-corrected chi connectivity index (χ1v) is 13.6. The van der Waals surface area contributed by atoms with Crippen molar-refractivity contribution in [3.05, 3.63) is 95.0 Å². The zero-order valence-corrected chi connectivity index (χ0v) is 20.8. The van der Waals surface area contributed by atoms with E-state index < -0.39 is 10.0 Å². The largest absolute Gasteiger partial charge is 0.354 e. The van der Waals surface area contributed by atoms with Crippen molar-refractivity contribution >= 4 is 45.0 Å². The molecule has 0 aromatic heterocycles. The number of thioether (sulfide) groups is 1. The van der Waals surface area contributed by atoms with Crippen LogP contribution in [0.4, 0.5) is 5.69 Å². The molecule has 0 aliphatic carbocycles.